The number of rotatable bonds is 4. The van der Waals surface area contributed by atoms with Gasteiger partial charge in [0, 0.05) is 36.4 Å². The van der Waals surface area contributed by atoms with Crippen LogP contribution in [0, 0.1) is 0 Å². The molecule has 0 N–H and O–H groups in total. The van der Waals surface area contributed by atoms with Crippen LogP contribution in [0.15, 0.2) is 27.8 Å². The zero-order valence-electron chi connectivity index (χ0n) is 13.0. The number of nitrogens with zero attached hydrogens (tertiary/aromatic N) is 4. The highest BCUT2D eigenvalue weighted by atomic mass is 32.2. The molecule has 122 valence electrons. The number of likely N-dealkylation sites (tertiary alicyclic amines) is 1. The van der Waals surface area contributed by atoms with Crippen LogP contribution >= 0.6 is 11.8 Å². The van der Waals surface area contributed by atoms with Crippen molar-refractivity contribution in [3.8, 4) is 0 Å². The first-order chi connectivity index (χ1) is 11.3. The van der Waals surface area contributed by atoms with E-state index in [0.29, 0.717) is 12.6 Å². The number of aromatic nitrogens is 3. The van der Waals surface area contributed by atoms with Gasteiger partial charge in [-0.3, -0.25) is 9.69 Å². The molecule has 7 heteroatoms. The largest absolute Gasteiger partial charge is 0.364 e. The summed E-state index contributed by atoms with van der Waals surface area (Å²) in [5.41, 5.74) is 3.34. The Morgan fingerprint density at radius 2 is 2.39 bits per heavy atom. The highest BCUT2D eigenvalue weighted by Crippen LogP contribution is 2.23. The molecule has 2 aliphatic heterocycles. The molecule has 1 saturated heterocycles. The van der Waals surface area contributed by atoms with Gasteiger partial charge in [-0.1, -0.05) is 5.16 Å². The van der Waals surface area contributed by atoms with Gasteiger partial charge in [-0.05, 0) is 30.7 Å². The van der Waals surface area contributed by atoms with Crippen molar-refractivity contribution in [2.75, 3.05) is 12.3 Å². The average Bonchev–Trinajstić information content (AvgIpc) is 3.21. The molecule has 4 rings (SSSR count). The van der Waals surface area contributed by atoms with Crippen LogP contribution in [0.1, 0.15) is 29.7 Å². The maximum Gasteiger partial charge on any atom is 0.267 e. The molecule has 2 aromatic heterocycles. The molecule has 1 fully saturated rings. The van der Waals surface area contributed by atoms with E-state index in [1.54, 1.807) is 23.2 Å². The average molecular weight is 332 g/mol. The number of hydrogen-bond acceptors (Lipinski definition) is 6. The van der Waals surface area contributed by atoms with Crippen LogP contribution in [-0.2, 0) is 25.3 Å². The van der Waals surface area contributed by atoms with Gasteiger partial charge in [-0.25, -0.2) is 4.68 Å². The molecule has 0 aliphatic carbocycles. The first-order valence-corrected chi connectivity index (χ1v) is 9.25. The van der Waals surface area contributed by atoms with E-state index in [4.69, 9.17) is 4.52 Å². The second-order valence-corrected chi connectivity index (χ2v) is 7.34. The molecule has 23 heavy (non-hydrogen) atoms. The van der Waals surface area contributed by atoms with Crippen LogP contribution in [0.5, 0.6) is 0 Å². The lowest BCUT2D eigenvalue weighted by Gasteiger charge is -2.24. The normalized spacial score (nSPS) is 21.5. The molecule has 0 radical (unpaired) electrons. The predicted octanol–water partition coefficient (Wildman–Crippen LogP) is 1.69. The summed E-state index contributed by atoms with van der Waals surface area (Å²) in [7, 11) is 0. The van der Waals surface area contributed by atoms with Crippen molar-refractivity contribution < 1.29 is 4.52 Å². The molecule has 0 aromatic carbocycles. The van der Waals surface area contributed by atoms with Gasteiger partial charge in [-0.2, -0.15) is 16.9 Å². The third-order valence-corrected chi connectivity index (χ3v) is 5.66. The zero-order chi connectivity index (χ0) is 15.6. The number of fused-ring (bicyclic) bond motifs is 1. The molecule has 0 saturated carbocycles. The summed E-state index contributed by atoms with van der Waals surface area (Å²) >= 11 is 1.88. The van der Waals surface area contributed by atoms with E-state index in [1.807, 2.05) is 11.8 Å². The zero-order valence-corrected chi connectivity index (χ0v) is 13.8. The van der Waals surface area contributed by atoms with E-state index in [0.717, 1.165) is 60.7 Å². The molecule has 1 atom stereocenters. The Balaban J connectivity index is 1.51. The lowest BCUT2D eigenvalue weighted by molar-refractivity contribution is 0.215. The van der Waals surface area contributed by atoms with Crippen LogP contribution < -0.4 is 5.56 Å². The van der Waals surface area contributed by atoms with Gasteiger partial charge in [0.15, 0.2) is 0 Å². The van der Waals surface area contributed by atoms with E-state index >= 15 is 0 Å². The molecule has 2 aromatic rings. The summed E-state index contributed by atoms with van der Waals surface area (Å²) in [4.78, 5) is 14.7. The highest BCUT2D eigenvalue weighted by molar-refractivity contribution is 7.98. The molecular weight excluding hydrogens is 312 g/mol. The fraction of sp³-hybridized carbons (Fsp3) is 0.562. The fourth-order valence-electron chi connectivity index (χ4n) is 3.43. The van der Waals surface area contributed by atoms with E-state index < -0.39 is 0 Å². The predicted molar refractivity (Wildman–Crippen MR) is 88.3 cm³/mol. The summed E-state index contributed by atoms with van der Waals surface area (Å²) in [6.07, 6.45) is 6.68. The minimum atomic E-state index is 0.0306. The minimum absolute atomic E-state index is 0.0306. The van der Waals surface area contributed by atoms with Crippen molar-refractivity contribution in [1.29, 1.82) is 0 Å². The molecule has 2 aliphatic rings. The van der Waals surface area contributed by atoms with Crippen molar-refractivity contribution >= 4 is 11.8 Å². The molecule has 0 amide bonds. The molecule has 4 heterocycles. The van der Waals surface area contributed by atoms with E-state index in [9.17, 15) is 4.79 Å². The third-order valence-electron chi connectivity index (χ3n) is 4.66. The van der Waals surface area contributed by atoms with E-state index in [2.05, 4.69) is 15.2 Å². The second-order valence-electron chi connectivity index (χ2n) is 6.24. The quantitative estimate of drug-likeness (QED) is 0.849. The summed E-state index contributed by atoms with van der Waals surface area (Å²) in [6, 6.07) is 2.14. The van der Waals surface area contributed by atoms with Gasteiger partial charge >= 0.3 is 0 Å². The Morgan fingerprint density at radius 3 is 3.26 bits per heavy atom. The third kappa shape index (κ3) is 3.21. The fourth-order valence-corrected chi connectivity index (χ4v) is 4.38. The second kappa shape index (κ2) is 6.49. The lowest BCUT2D eigenvalue weighted by Crippen LogP contribution is -2.37. The van der Waals surface area contributed by atoms with Crippen molar-refractivity contribution in [3.05, 3.63) is 45.7 Å². The molecule has 0 bridgehead atoms. The maximum absolute atomic E-state index is 12.4. The number of thioether (sulfide) groups is 1. The van der Waals surface area contributed by atoms with E-state index in [-0.39, 0.29) is 5.56 Å². The van der Waals surface area contributed by atoms with Crippen LogP contribution in [0.25, 0.3) is 0 Å². The van der Waals surface area contributed by atoms with Gasteiger partial charge in [0.1, 0.15) is 6.26 Å². The standard InChI is InChI=1S/C16H20N4O2S/c21-16-6-13-11-23-5-3-15(13)18-20(16)9-14-2-1-4-19(14)8-12-7-17-22-10-12/h6-7,10,14H,1-5,8-9,11H2. The monoisotopic (exact) mass is 332 g/mol. The van der Waals surface area contributed by atoms with Crippen molar-refractivity contribution in [2.24, 2.45) is 0 Å². The summed E-state index contributed by atoms with van der Waals surface area (Å²) in [6.45, 7) is 2.54. The van der Waals surface area contributed by atoms with Crippen LogP contribution in [0.4, 0.5) is 0 Å². The number of hydrogen-bond donors (Lipinski definition) is 0. The van der Waals surface area contributed by atoms with Gasteiger partial charge < -0.3 is 4.52 Å². The van der Waals surface area contributed by atoms with Crippen LogP contribution in [-0.4, -0.2) is 38.2 Å². The van der Waals surface area contributed by atoms with Crippen molar-refractivity contribution in [1.82, 2.24) is 19.8 Å². The smallest absolute Gasteiger partial charge is 0.267 e. The lowest BCUT2D eigenvalue weighted by atomic mass is 10.2. The first-order valence-electron chi connectivity index (χ1n) is 8.09. The van der Waals surface area contributed by atoms with Crippen molar-refractivity contribution in [3.63, 3.8) is 0 Å². The van der Waals surface area contributed by atoms with Crippen LogP contribution in [0.3, 0.4) is 0 Å². The van der Waals surface area contributed by atoms with Gasteiger partial charge in [0.05, 0.1) is 18.4 Å². The summed E-state index contributed by atoms with van der Waals surface area (Å²) < 4.78 is 6.59. The minimum Gasteiger partial charge on any atom is -0.364 e. The van der Waals surface area contributed by atoms with Gasteiger partial charge in [0.2, 0.25) is 0 Å². The van der Waals surface area contributed by atoms with E-state index in [1.165, 1.54) is 0 Å². The molecule has 6 nitrogen and oxygen atoms in total. The summed E-state index contributed by atoms with van der Waals surface area (Å²) in [5, 5.41) is 8.41. The van der Waals surface area contributed by atoms with Crippen LogP contribution in [0.2, 0.25) is 0 Å². The Bertz CT molecular complexity index is 728. The van der Waals surface area contributed by atoms with Gasteiger partial charge in [0.25, 0.3) is 5.56 Å². The first kappa shape index (κ1) is 15.0. The molecular formula is C16H20N4O2S. The topological polar surface area (TPSA) is 64.2 Å². The summed E-state index contributed by atoms with van der Waals surface area (Å²) in [5.74, 6) is 2.02. The Hall–Kier alpha value is -1.60. The molecule has 0 spiro atoms. The maximum atomic E-state index is 12.4. The Morgan fingerprint density at radius 1 is 1.43 bits per heavy atom. The SMILES string of the molecule is O=c1cc2c(nn1CC1CCCN1Cc1cnoc1)CCSC2. The number of aryl methyl sites for hydroxylation is 1. The molecule has 1 unspecified atom stereocenters. The highest BCUT2D eigenvalue weighted by Gasteiger charge is 2.26. The van der Waals surface area contributed by atoms with Crippen molar-refractivity contribution in [2.45, 2.75) is 44.1 Å². The van der Waals surface area contributed by atoms with Gasteiger partial charge in [-0.15, -0.1) is 0 Å². The Kier molecular flexibility index (Phi) is 4.22. The Labute approximate surface area is 138 Å².